The molecule has 0 aliphatic carbocycles. The minimum atomic E-state index is 0.124. The van der Waals surface area contributed by atoms with Crippen LogP contribution in [0.3, 0.4) is 0 Å². The molecular formula is C14H14N2O2. The van der Waals surface area contributed by atoms with Gasteiger partial charge in [-0.2, -0.15) is 0 Å². The van der Waals surface area contributed by atoms with Crippen LogP contribution in [-0.4, -0.2) is 11.4 Å². The number of aromatic hydroxyl groups is 1. The molecule has 2 aromatic carbocycles. The number of aliphatic imine (C=N–C) groups is 1. The van der Waals surface area contributed by atoms with Gasteiger partial charge in [-0.15, -0.1) is 0 Å². The van der Waals surface area contributed by atoms with Gasteiger partial charge in [0.1, 0.15) is 5.75 Å². The largest absolute Gasteiger partial charge is 0.504 e. The third-order valence-corrected chi connectivity index (χ3v) is 2.40. The van der Waals surface area contributed by atoms with Gasteiger partial charge in [0.25, 0.3) is 0 Å². The van der Waals surface area contributed by atoms with Crippen LogP contribution >= 0.6 is 0 Å². The highest BCUT2D eigenvalue weighted by molar-refractivity contribution is 5.59. The van der Waals surface area contributed by atoms with Gasteiger partial charge in [-0.25, -0.2) is 4.99 Å². The Balaban J connectivity index is 2.18. The van der Waals surface area contributed by atoms with Gasteiger partial charge in [-0.1, -0.05) is 6.07 Å². The normalized spacial score (nSPS) is 10.7. The first-order chi connectivity index (χ1) is 8.69. The van der Waals surface area contributed by atoms with E-state index >= 15 is 0 Å². The Hall–Kier alpha value is -2.49. The molecule has 0 heterocycles. The Bertz CT molecular complexity index is 563. The van der Waals surface area contributed by atoms with E-state index in [1.165, 1.54) is 6.34 Å². The minimum Gasteiger partial charge on any atom is -0.504 e. The highest BCUT2D eigenvalue weighted by Gasteiger charge is 2.03. The van der Waals surface area contributed by atoms with E-state index in [0.717, 1.165) is 11.3 Å². The van der Waals surface area contributed by atoms with E-state index in [4.69, 9.17) is 10.5 Å². The third kappa shape index (κ3) is 2.79. The zero-order chi connectivity index (χ0) is 13.0. The highest BCUT2D eigenvalue weighted by Crippen LogP contribution is 2.31. The summed E-state index contributed by atoms with van der Waals surface area (Å²) in [5.41, 5.74) is 6.93. The van der Waals surface area contributed by atoms with Crippen LogP contribution in [0.25, 0.3) is 0 Å². The monoisotopic (exact) mass is 242 g/mol. The van der Waals surface area contributed by atoms with E-state index in [-0.39, 0.29) is 5.75 Å². The lowest BCUT2D eigenvalue weighted by Crippen LogP contribution is -1.87. The van der Waals surface area contributed by atoms with Crippen LogP contribution in [0, 0.1) is 6.92 Å². The number of aryl methyl sites for hydroxylation is 1. The van der Waals surface area contributed by atoms with Gasteiger partial charge in [-0.3, -0.25) is 0 Å². The predicted octanol–water partition coefficient (Wildman–Crippen LogP) is 3.11. The van der Waals surface area contributed by atoms with E-state index < -0.39 is 0 Å². The molecule has 92 valence electrons. The molecule has 0 aliphatic rings. The first kappa shape index (κ1) is 12.0. The molecule has 0 aromatic heterocycles. The van der Waals surface area contributed by atoms with Crippen molar-refractivity contribution >= 4 is 12.0 Å². The molecule has 0 radical (unpaired) electrons. The molecule has 2 rings (SSSR count). The molecule has 4 heteroatoms. The van der Waals surface area contributed by atoms with E-state index in [1.807, 2.05) is 13.0 Å². The van der Waals surface area contributed by atoms with Crippen LogP contribution in [0.4, 0.5) is 5.69 Å². The van der Waals surface area contributed by atoms with E-state index in [1.54, 1.807) is 36.4 Å². The molecule has 0 spiro atoms. The van der Waals surface area contributed by atoms with Gasteiger partial charge in [0.15, 0.2) is 11.5 Å². The van der Waals surface area contributed by atoms with Crippen molar-refractivity contribution in [2.45, 2.75) is 6.92 Å². The van der Waals surface area contributed by atoms with Crippen molar-refractivity contribution in [2.75, 3.05) is 0 Å². The molecular weight excluding hydrogens is 228 g/mol. The standard InChI is InChI=1S/C14H14N2O2/c1-10-2-7-14(13(17)8-10)18-12-5-3-11(4-6-12)16-9-15/h2-9,17H,1H3,(H2,15,16). The molecule has 0 fully saturated rings. The number of hydrogen-bond acceptors (Lipinski definition) is 3. The van der Waals surface area contributed by atoms with Crippen molar-refractivity contribution in [3.05, 3.63) is 48.0 Å². The Morgan fingerprint density at radius 2 is 1.89 bits per heavy atom. The number of nitrogens with zero attached hydrogens (tertiary/aromatic N) is 1. The summed E-state index contributed by atoms with van der Waals surface area (Å²) in [6.45, 7) is 1.91. The number of ether oxygens (including phenoxy) is 1. The fourth-order valence-electron chi connectivity index (χ4n) is 1.53. The predicted molar refractivity (Wildman–Crippen MR) is 71.7 cm³/mol. The fourth-order valence-corrected chi connectivity index (χ4v) is 1.53. The maximum Gasteiger partial charge on any atom is 0.169 e. The maximum absolute atomic E-state index is 9.73. The summed E-state index contributed by atoms with van der Waals surface area (Å²) in [7, 11) is 0. The second-order valence-corrected chi connectivity index (χ2v) is 3.85. The van der Waals surface area contributed by atoms with Crippen LogP contribution in [0.15, 0.2) is 47.5 Å². The maximum atomic E-state index is 9.73. The number of phenols is 1. The topological polar surface area (TPSA) is 67.8 Å². The van der Waals surface area contributed by atoms with Crippen molar-refractivity contribution < 1.29 is 9.84 Å². The summed E-state index contributed by atoms with van der Waals surface area (Å²) in [5, 5.41) is 9.73. The number of benzene rings is 2. The molecule has 18 heavy (non-hydrogen) atoms. The second kappa shape index (κ2) is 5.23. The average Bonchev–Trinajstić information content (AvgIpc) is 2.35. The molecule has 0 aliphatic heterocycles. The lowest BCUT2D eigenvalue weighted by Gasteiger charge is -2.08. The van der Waals surface area contributed by atoms with Crippen molar-refractivity contribution in [3.8, 4) is 17.2 Å². The fraction of sp³-hybridized carbons (Fsp3) is 0.0714. The summed E-state index contributed by atoms with van der Waals surface area (Å²) in [5.74, 6) is 1.18. The Kier molecular flexibility index (Phi) is 3.48. The summed E-state index contributed by atoms with van der Waals surface area (Å²) in [6, 6.07) is 12.4. The zero-order valence-electron chi connectivity index (χ0n) is 10.00. The van der Waals surface area contributed by atoms with Gasteiger partial charge in [-0.05, 0) is 48.9 Å². The summed E-state index contributed by atoms with van der Waals surface area (Å²) >= 11 is 0. The Labute approximate surface area is 105 Å². The summed E-state index contributed by atoms with van der Waals surface area (Å²) in [4.78, 5) is 3.93. The van der Waals surface area contributed by atoms with E-state index in [0.29, 0.717) is 11.5 Å². The van der Waals surface area contributed by atoms with E-state index in [9.17, 15) is 5.11 Å². The van der Waals surface area contributed by atoms with Crippen LogP contribution in [0.2, 0.25) is 0 Å². The molecule has 0 saturated carbocycles. The van der Waals surface area contributed by atoms with Gasteiger partial charge in [0.05, 0.1) is 12.0 Å². The molecule has 0 bridgehead atoms. The second-order valence-electron chi connectivity index (χ2n) is 3.85. The molecule has 0 atom stereocenters. The smallest absolute Gasteiger partial charge is 0.169 e. The number of phenolic OH excluding ortho intramolecular Hbond substituents is 1. The molecule has 0 saturated heterocycles. The van der Waals surface area contributed by atoms with Gasteiger partial charge < -0.3 is 15.6 Å². The van der Waals surface area contributed by atoms with Crippen molar-refractivity contribution in [1.82, 2.24) is 0 Å². The number of nitrogens with two attached hydrogens (primary N) is 1. The minimum absolute atomic E-state index is 0.124. The van der Waals surface area contributed by atoms with Gasteiger partial charge >= 0.3 is 0 Å². The van der Waals surface area contributed by atoms with Crippen molar-refractivity contribution in [1.29, 1.82) is 0 Å². The quantitative estimate of drug-likeness (QED) is 0.642. The summed E-state index contributed by atoms with van der Waals surface area (Å²) in [6.07, 6.45) is 1.24. The molecule has 0 amide bonds. The highest BCUT2D eigenvalue weighted by atomic mass is 16.5. The first-order valence-corrected chi connectivity index (χ1v) is 5.51. The number of rotatable bonds is 3. The zero-order valence-corrected chi connectivity index (χ0v) is 10.00. The molecule has 0 unspecified atom stereocenters. The van der Waals surface area contributed by atoms with Gasteiger partial charge in [0.2, 0.25) is 0 Å². The lowest BCUT2D eigenvalue weighted by atomic mass is 10.2. The molecule has 4 nitrogen and oxygen atoms in total. The van der Waals surface area contributed by atoms with Crippen LogP contribution < -0.4 is 10.5 Å². The van der Waals surface area contributed by atoms with Crippen molar-refractivity contribution in [2.24, 2.45) is 10.7 Å². The van der Waals surface area contributed by atoms with Crippen LogP contribution in [0.1, 0.15) is 5.56 Å². The number of hydrogen-bond donors (Lipinski definition) is 2. The molecule has 2 aromatic rings. The summed E-state index contributed by atoms with van der Waals surface area (Å²) < 4.78 is 5.56. The Morgan fingerprint density at radius 3 is 2.50 bits per heavy atom. The SMILES string of the molecule is Cc1ccc(Oc2ccc(N=CN)cc2)c(O)c1. The van der Waals surface area contributed by atoms with Gasteiger partial charge in [0, 0.05) is 0 Å². The van der Waals surface area contributed by atoms with Crippen LogP contribution in [-0.2, 0) is 0 Å². The van der Waals surface area contributed by atoms with Crippen LogP contribution in [0.5, 0.6) is 17.2 Å². The first-order valence-electron chi connectivity index (χ1n) is 5.51. The Morgan fingerprint density at radius 1 is 1.17 bits per heavy atom. The molecule has 3 N–H and O–H groups in total. The average molecular weight is 242 g/mol. The lowest BCUT2D eigenvalue weighted by molar-refractivity contribution is 0.411. The third-order valence-electron chi connectivity index (χ3n) is 2.40. The van der Waals surface area contributed by atoms with Crippen molar-refractivity contribution in [3.63, 3.8) is 0 Å². The van der Waals surface area contributed by atoms with E-state index in [2.05, 4.69) is 4.99 Å².